The van der Waals surface area contributed by atoms with E-state index in [0.717, 1.165) is 6.54 Å². The lowest BCUT2D eigenvalue weighted by Gasteiger charge is -2.12. The summed E-state index contributed by atoms with van der Waals surface area (Å²) in [7, 11) is 0. The lowest BCUT2D eigenvalue weighted by atomic mass is 10.1. The predicted octanol–water partition coefficient (Wildman–Crippen LogP) is 2.39. The number of hydrogen-bond acceptors (Lipinski definition) is 2. The van der Waals surface area contributed by atoms with Crippen molar-refractivity contribution >= 4 is 11.3 Å². The average Bonchev–Trinajstić information content (AvgIpc) is 2.66. The molecule has 1 aromatic heterocycles. The Labute approximate surface area is 77.8 Å². The van der Waals surface area contributed by atoms with Crippen LogP contribution >= 0.6 is 11.3 Å². The molecule has 0 aromatic carbocycles. The molecule has 1 aliphatic rings. The van der Waals surface area contributed by atoms with Crippen molar-refractivity contribution in [2.24, 2.45) is 0 Å². The van der Waals surface area contributed by atoms with E-state index in [9.17, 15) is 0 Å². The van der Waals surface area contributed by atoms with Crippen LogP contribution in [0.25, 0.3) is 0 Å². The molecular formula is C10H15NS. The Morgan fingerprint density at radius 3 is 2.92 bits per heavy atom. The zero-order valence-electron chi connectivity index (χ0n) is 7.47. The first kappa shape index (κ1) is 8.27. The molecule has 0 radical (unpaired) electrons. The quantitative estimate of drug-likeness (QED) is 0.752. The third-order valence-corrected chi connectivity index (χ3v) is 3.73. The van der Waals surface area contributed by atoms with Gasteiger partial charge < -0.3 is 5.32 Å². The van der Waals surface area contributed by atoms with E-state index in [1.165, 1.54) is 19.4 Å². The zero-order valence-corrected chi connectivity index (χ0v) is 8.29. The van der Waals surface area contributed by atoms with Gasteiger partial charge in [-0.2, -0.15) is 0 Å². The lowest BCUT2D eigenvalue weighted by Crippen LogP contribution is -2.25. The van der Waals surface area contributed by atoms with Gasteiger partial charge in [-0.15, -0.1) is 11.3 Å². The van der Waals surface area contributed by atoms with E-state index in [2.05, 4.69) is 29.8 Å². The molecule has 1 nitrogen and oxygen atoms in total. The predicted molar refractivity (Wildman–Crippen MR) is 53.8 cm³/mol. The highest BCUT2D eigenvalue weighted by atomic mass is 32.1. The van der Waals surface area contributed by atoms with Gasteiger partial charge in [-0.1, -0.05) is 13.0 Å². The van der Waals surface area contributed by atoms with Crippen LogP contribution in [0.4, 0.5) is 0 Å². The van der Waals surface area contributed by atoms with E-state index < -0.39 is 0 Å². The summed E-state index contributed by atoms with van der Waals surface area (Å²) in [5.74, 6) is 0. The minimum absolute atomic E-state index is 0.532. The van der Waals surface area contributed by atoms with Gasteiger partial charge in [-0.25, -0.2) is 0 Å². The van der Waals surface area contributed by atoms with E-state index in [1.807, 2.05) is 11.3 Å². The largest absolute Gasteiger partial charge is 0.316 e. The number of hydrogen-bond donors (Lipinski definition) is 1. The van der Waals surface area contributed by atoms with Crippen LogP contribution in [0.15, 0.2) is 17.5 Å². The first-order valence-electron chi connectivity index (χ1n) is 4.62. The minimum atomic E-state index is 0.532. The maximum atomic E-state index is 3.45. The van der Waals surface area contributed by atoms with E-state index in [0.29, 0.717) is 5.41 Å². The first-order valence-corrected chi connectivity index (χ1v) is 5.50. The van der Waals surface area contributed by atoms with Crippen LogP contribution in [-0.2, 0) is 5.41 Å². The van der Waals surface area contributed by atoms with Crippen molar-refractivity contribution in [3.05, 3.63) is 22.4 Å². The molecule has 2 rings (SSSR count). The van der Waals surface area contributed by atoms with Crippen LogP contribution in [0.1, 0.15) is 24.6 Å². The van der Waals surface area contributed by atoms with Gasteiger partial charge in [-0.05, 0) is 30.8 Å². The number of thiophene rings is 1. The highest BCUT2D eigenvalue weighted by Crippen LogP contribution is 2.49. The number of rotatable bonds is 4. The maximum absolute atomic E-state index is 3.45. The van der Waals surface area contributed by atoms with Crippen LogP contribution < -0.4 is 5.32 Å². The van der Waals surface area contributed by atoms with Crippen molar-refractivity contribution in [2.45, 2.75) is 25.2 Å². The Morgan fingerprint density at radius 2 is 2.42 bits per heavy atom. The summed E-state index contributed by atoms with van der Waals surface area (Å²) in [6.07, 6.45) is 2.75. The summed E-state index contributed by atoms with van der Waals surface area (Å²) in [5.41, 5.74) is 0.532. The summed E-state index contributed by atoms with van der Waals surface area (Å²) in [6.45, 7) is 4.43. The van der Waals surface area contributed by atoms with Crippen LogP contribution in [0.3, 0.4) is 0 Å². The molecule has 1 N–H and O–H groups in total. The number of nitrogens with one attached hydrogen (secondary N) is 1. The summed E-state index contributed by atoms with van der Waals surface area (Å²) in [6, 6.07) is 4.43. The Morgan fingerprint density at radius 1 is 1.58 bits per heavy atom. The number of likely N-dealkylation sites (N-methyl/N-ethyl adjacent to an activating group) is 1. The molecule has 0 aliphatic heterocycles. The van der Waals surface area contributed by atoms with Gasteiger partial charge in [0.2, 0.25) is 0 Å². The van der Waals surface area contributed by atoms with E-state index in [-0.39, 0.29) is 0 Å². The topological polar surface area (TPSA) is 12.0 Å². The summed E-state index contributed by atoms with van der Waals surface area (Å²) >= 11 is 1.90. The van der Waals surface area contributed by atoms with Crippen molar-refractivity contribution in [3.8, 4) is 0 Å². The van der Waals surface area contributed by atoms with Crippen LogP contribution in [0.2, 0.25) is 0 Å². The van der Waals surface area contributed by atoms with Crippen molar-refractivity contribution in [1.29, 1.82) is 0 Å². The van der Waals surface area contributed by atoms with Gasteiger partial charge >= 0.3 is 0 Å². The Hall–Kier alpha value is -0.340. The fourth-order valence-corrected chi connectivity index (χ4v) is 2.59. The standard InChI is InChI=1S/C10H15NS/c1-2-11-8-10(5-6-10)9-4-3-7-12-9/h3-4,7,11H,2,5-6,8H2,1H3. The molecular weight excluding hydrogens is 166 g/mol. The highest BCUT2D eigenvalue weighted by Gasteiger charge is 2.44. The molecule has 1 aliphatic carbocycles. The second-order valence-corrected chi connectivity index (χ2v) is 4.49. The van der Waals surface area contributed by atoms with Gasteiger partial charge in [0.25, 0.3) is 0 Å². The second kappa shape index (κ2) is 3.19. The maximum Gasteiger partial charge on any atom is 0.0172 e. The third kappa shape index (κ3) is 1.41. The molecule has 1 heterocycles. The van der Waals surface area contributed by atoms with Gasteiger partial charge in [0, 0.05) is 16.8 Å². The second-order valence-electron chi connectivity index (χ2n) is 3.54. The van der Waals surface area contributed by atoms with Crippen molar-refractivity contribution in [1.82, 2.24) is 5.32 Å². The molecule has 0 bridgehead atoms. The smallest absolute Gasteiger partial charge is 0.0172 e. The minimum Gasteiger partial charge on any atom is -0.316 e. The molecule has 66 valence electrons. The fraction of sp³-hybridized carbons (Fsp3) is 0.600. The van der Waals surface area contributed by atoms with Crippen molar-refractivity contribution in [2.75, 3.05) is 13.1 Å². The van der Waals surface area contributed by atoms with Gasteiger partial charge in [0.1, 0.15) is 0 Å². The normalized spacial score (nSPS) is 19.4. The molecule has 1 aromatic rings. The molecule has 0 atom stereocenters. The van der Waals surface area contributed by atoms with Crippen molar-refractivity contribution < 1.29 is 0 Å². The molecule has 1 saturated carbocycles. The van der Waals surface area contributed by atoms with Gasteiger partial charge in [-0.3, -0.25) is 0 Å². The van der Waals surface area contributed by atoms with Crippen LogP contribution in [-0.4, -0.2) is 13.1 Å². The van der Waals surface area contributed by atoms with E-state index in [1.54, 1.807) is 4.88 Å². The fourth-order valence-electron chi connectivity index (χ4n) is 1.61. The molecule has 0 unspecified atom stereocenters. The van der Waals surface area contributed by atoms with Gasteiger partial charge in [0.05, 0.1) is 0 Å². The van der Waals surface area contributed by atoms with Crippen LogP contribution in [0, 0.1) is 0 Å². The van der Waals surface area contributed by atoms with Crippen LogP contribution in [0.5, 0.6) is 0 Å². The monoisotopic (exact) mass is 181 g/mol. The summed E-state index contributed by atoms with van der Waals surface area (Å²) < 4.78 is 0. The summed E-state index contributed by atoms with van der Waals surface area (Å²) in [5, 5.41) is 5.63. The Bertz CT molecular complexity index is 236. The van der Waals surface area contributed by atoms with E-state index in [4.69, 9.17) is 0 Å². The molecule has 0 spiro atoms. The summed E-state index contributed by atoms with van der Waals surface area (Å²) in [4.78, 5) is 1.57. The molecule has 2 heteroatoms. The third-order valence-electron chi connectivity index (χ3n) is 2.61. The lowest BCUT2D eigenvalue weighted by molar-refractivity contribution is 0.599. The van der Waals surface area contributed by atoms with Crippen molar-refractivity contribution in [3.63, 3.8) is 0 Å². The molecule has 1 fully saturated rings. The Kier molecular flexibility index (Phi) is 2.20. The Balaban J connectivity index is 2.02. The van der Waals surface area contributed by atoms with E-state index >= 15 is 0 Å². The van der Waals surface area contributed by atoms with Gasteiger partial charge in [0.15, 0.2) is 0 Å². The SMILES string of the molecule is CCNCC1(c2cccs2)CC1. The zero-order chi connectivity index (χ0) is 8.44. The first-order chi connectivity index (χ1) is 5.87. The molecule has 12 heavy (non-hydrogen) atoms. The average molecular weight is 181 g/mol. The molecule has 0 saturated heterocycles. The highest BCUT2D eigenvalue weighted by molar-refractivity contribution is 7.10. The molecule has 0 amide bonds.